The number of rotatable bonds is 4. The van der Waals surface area contributed by atoms with Gasteiger partial charge in [-0.05, 0) is 50.1 Å². The number of benzene rings is 1. The van der Waals surface area contributed by atoms with Crippen LogP contribution in [-0.4, -0.2) is 43.0 Å². The molecule has 6 nitrogen and oxygen atoms in total. The van der Waals surface area contributed by atoms with Crippen LogP contribution in [-0.2, 0) is 4.79 Å². The van der Waals surface area contributed by atoms with Crippen molar-refractivity contribution in [3.05, 3.63) is 24.3 Å². The summed E-state index contributed by atoms with van der Waals surface area (Å²) in [5, 5.41) is 8.21. The summed E-state index contributed by atoms with van der Waals surface area (Å²) in [6, 6.07) is 7.63. The monoisotopic (exact) mass is 344 g/mol. The maximum Gasteiger partial charge on any atom is 0.318 e. The van der Waals surface area contributed by atoms with Crippen molar-refractivity contribution in [1.82, 2.24) is 10.2 Å². The summed E-state index contributed by atoms with van der Waals surface area (Å²) >= 11 is 0. The number of urea groups is 1. The molecule has 1 saturated heterocycles. The van der Waals surface area contributed by atoms with Crippen molar-refractivity contribution < 1.29 is 9.59 Å². The van der Waals surface area contributed by atoms with Crippen molar-refractivity contribution in [3.63, 3.8) is 0 Å². The standard InChI is InChI=1S/C19H28N4O2/c1-20-19(25)22-16-9-7-15(8-10-16)21-18(24)14-11-12-23(13-14)17-5-3-2-4-6-17/h7-10,14,17H,2-6,11-13H2,1H3,(H,21,24)(H2,20,22,25)/t14-/m1/s1. The topological polar surface area (TPSA) is 73.5 Å². The van der Waals surface area contributed by atoms with Crippen LogP contribution in [0.2, 0.25) is 0 Å². The second-order valence-corrected chi connectivity index (χ2v) is 7.04. The van der Waals surface area contributed by atoms with Gasteiger partial charge < -0.3 is 16.0 Å². The predicted octanol–water partition coefficient (Wildman–Crippen LogP) is 3.03. The normalized spacial score (nSPS) is 21.7. The molecule has 25 heavy (non-hydrogen) atoms. The van der Waals surface area contributed by atoms with Crippen LogP contribution < -0.4 is 16.0 Å². The van der Waals surface area contributed by atoms with Crippen LogP contribution in [0.5, 0.6) is 0 Å². The lowest BCUT2D eigenvalue weighted by atomic mass is 9.94. The minimum atomic E-state index is -0.259. The third-order valence-corrected chi connectivity index (χ3v) is 5.32. The van der Waals surface area contributed by atoms with E-state index >= 15 is 0 Å². The molecule has 0 unspecified atom stereocenters. The number of likely N-dealkylation sites (tertiary alicyclic amines) is 1. The number of hydrogen-bond donors (Lipinski definition) is 3. The lowest BCUT2D eigenvalue weighted by Gasteiger charge is -2.30. The minimum absolute atomic E-state index is 0.0746. The summed E-state index contributed by atoms with van der Waals surface area (Å²) in [4.78, 5) is 26.3. The van der Waals surface area contributed by atoms with E-state index in [2.05, 4.69) is 20.9 Å². The van der Waals surface area contributed by atoms with Crippen molar-refractivity contribution in [2.24, 2.45) is 5.92 Å². The van der Waals surface area contributed by atoms with E-state index in [1.807, 2.05) is 12.1 Å². The Kier molecular flexibility index (Phi) is 5.91. The van der Waals surface area contributed by atoms with Crippen LogP contribution in [0.15, 0.2) is 24.3 Å². The highest BCUT2D eigenvalue weighted by molar-refractivity contribution is 5.93. The lowest BCUT2D eigenvalue weighted by Crippen LogP contribution is -2.36. The van der Waals surface area contributed by atoms with Crippen molar-refractivity contribution in [2.75, 3.05) is 30.8 Å². The predicted molar refractivity (Wildman–Crippen MR) is 99.7 cm³/mol. The van der Waals surface area contributed by atoms with E-state index in [9.17, 15) is 9.59 Å². The van der Waals surface area contributed by atoms with E-state index in [4.69, 9.17) is 0 Å². The summed E-state index contributed by atoms with van der Waals surface area (Å²) < 4.78 is 0. The summed E-state index contributed by atoms with van der Waals surface area (Å²) in [6.45, 7) is 1.92. The average molecular weight is 344 g/mol. The highest BCUT2D eigenvalue weighted by Gasteiger charge is 2.32. The molecular formula is C19H28N4O2. The molecule has 2 fully saturated rings. The van der Waals surface area contributed by atoms with Crippen LogP contribution in [0.25, 0.3) is 0 Å². The third kappa shape index (κ3) is 4.72. The molecule has 6 heteroatoms. The molecule has 1 aliphatic heterocycles. The van der Waals surface area contributed by atoms with Crippen molar-refractivity contribution >= 4 is 23.3 Å². The molecule has 0 radical (unpaired) electrons. The van der Waals surface area contributed by atoms with Gasteiger partial charge in [-0.25, -0.2) is 4.79 Å². The van der Waals surface area contributed by atoms with E-state index in [0.717, 1.165) is 25.2 Å². The fourth-order valence-electron chi connectivity index (χ4n) is 3.85. The number of carbonyl (C=O) groups is 2. The first-order chi connectivity index (χ1) is 12.2. The molecular weight excluding hydrogens is 316 g/mol. The minimum Gasteiger partial charge on any atom is -0.341 e. The number of carbonyl (C=O) groups excluding carboxylic acids is 2. The molecule has 2 aliphatic rings. The Hall–Kier alpha value is -2.08. The smallest absolute Gasteiger partial charge is 0.318 e. The zero-order chi connectivity index (χ0) is 17.6. The fourth-order valence-corrected chi connectivity index (χ4v) is 3.85. The molecule has 136 valence electrons. The van der Waals surface area contributed by atoms with Gasteiger partial charge in [-0.15, -0.1) is 0 Å². The summed E-state index contributed by atoms with van der Waals surface area (Å²) in [5.41, 5.74) is 1.46. The van der Waals surface area contributed by atoms with Gasteiger partial charge in [-0.1, -0.05) is 19.3 Å². The molecule has 1 atom stereocenters. The Morgan fingerprint density at radius 2 is 1.60 bits per heavy atom. The van der Waals surface area contributed by atoms with Gasteiger partial charge in [0, 0.05) is 31.0 Å². The van der Waals surface area contributed by atoms with E-state index in [1.165, 1.54) is 32.1 Å². The van der Waals surface area contributed by atoms with E-state index in [1.54, 1.807) is 19.2 Å². The number of hydrogen-bond acceptors (Lipinski definition) is 3. The molecule has 0 aromatic heterocycles. The van der Waals surface area contributed by atoms with Gasteiger partial charge in [0.1, 0.15) is 0 Å². The van der Waals surface area contributed by atoms with E-state index in [-0.39, 0.29) is 17.9 Å². The molecule has 1 saturated carbocycles. The molecule has 0 bridgehead atoms. The van der Waals surface area contributed by atoms with Crippen molar-refractivity contribution in [1.29, 1.82) is 0 Å². The number of nitrogens with one attached hydrogen (secondary N) is 3. The molecule has 1 aromatic carbocycles. The van der Waals surface area contributed by atoms with Gasteiger partial charge in [0.2, 0.25) is 5.91 Å². The zero-order valence-corrected chi connectivity index (χ0v) is 14.9. The first-order valence-corrected chi connectivity index (χ1v) is 9.29. The first-order valence-electron chi connectivity index (χ1n) is 9.29. The Balaban J connectivity index is 1.49. The molecule has 1 aliphatic carbocycles. The number of amides is 3. The lowest BCUT2D eigenvalue weighted by molar-refractivity contribution is -0.119. The molecule has 1 heterocycles. The Labute approximate surface area is 149 Å². The molecule has 0 spiro atoms. The first kappa shape index (κ1) is 17.7. The van der Waals surface area contributed by atoms with Crippen LogP contribution in [0.3, 0.4) is 0 Å². The molecule has 1 aromatic rings. The summed E-state index contributed by atoms with van der Waals surface area (Å²) in [6.07, 6.45) is 7.53. The maximum absolute atomic E-state index is 12.5. The van der Waals surface area contributed by atoms with Crippen LogP contribution in [0, 0.1) is 5.92 Å². The van der Waals surface area contributed by atoms with E-state index in [0.29, 0.717) is 11.7 Å². The zero-order valence-electron chi connectivity index (χ0n) is 14.9. The summed E-state index contributed by atoms with van der Waals surface area (Å²) in [7, 11) is 1.57. The SMILES string of the molecule is CNC(=O)Nc1ccc(NC(=O)[C@@H]2CCN(C3CCCCC3)C2)cc1. The van der Waals surface area contributed by atoms with Crippen LogP contribution in [0.1, 0.15) is 38.5 Å². The number of nitrogens with zero attached hydrogens (tertiary/aromatic N) is 1. The van der Waals surface area contributed by atoms with Gasteiger partial charge >= 0.3 is 6.03 Å². The quantitative estimate of drug-likeness (QED) is 0.786. The average Bonchev–Trinajstić information content (AvgIpc) is 3.14. The van der Waals surface area contributed by atoms with E-state index < -0.39 is 0 Å². The second-order valence-electron chi connectivity index (χ2n) is 7.04. The van der Waals surface area contributed by atoms with Crippen LogP contribution >= 0.6 is 0 Å². The Bertz CT molecular complexity index is 596. The second kappa shape index (κ2) is 8.34. The van der Waals surface area contributed by atoms with Crippen LogP contribution in [0.4, 0.5) is 16.2 Å². The highest BCUT2D eigenvalue weighted by atomic mass is 16.2. The van der Waals surface area contributed by atoms with Gasteiger partial charge in [0.05, 0.1) is 5.92 Å². The fraction of sp³-hybridized carbons (Fsp3) is 0.579. The molecule has 3 N–H and O–H groups in total. The molecule has 3 rings (SSSR count). The van der Waals surface area contributed by atoms with Crippen molar-refractivity contribution in [2.45, 2.75) is 44.6 Å². The maximum atomic E-state index is 12.5. The van der Waals surface area contributed by atoms with Gasteiger partial charge in [0.15, 0.2) is 0 Å². The molecule has 3 amide bonds. The largest absolute Gasteiger partial charge is 0.341 e. The summed E-state index contributed by atoms with van der Waals surface area (Å²) in [5.74, 6) is 0.177. The highest BCUT2D eigenvalue weighted by Crippen LogP contribution is 2.28. The third-order valence-electron chi connectivity index (χ3n) is 5.32. The Morgan fingerprint density at radius 3 is 2.24 bits per heavy atom. The Morgan fingerprint density at radius 1 is 0.960 bits per heavy atom. The number of anilines is 2. The van der Waals surface area contributed by atoms with Gasteiger partial charge in [0.25, 0.3) is 0 Å². The van der Waals surface area contributed by atoms with Crippen molar-refractivity contribution in [3.8, 4) is 0 Å². The van der Waals surface area contributed by atoms with Gasteiger partial charge in [-0.2, -0.15) is 0 Å². The van der Waals surface area contributed by atoms with Gasteiger partial charge in [-0.3, -0.25) is 9.69 Å².